The van der Waals surface area contributed by atoms with Gasteiger partial charge in [-0.15, -0.1) is 0 Å². The molecule has 2 unspecified atom stereocenters. The number of aromatic nitrogens is 2. The van der Waals surface area contributed by atoms with E-state index in [2.05, 4.69) is 49.6 Å². The van der Waals surface area contributed by atoms with Gasteiger partial charge in [0.15, 0.2) is 0 Å². The van der Waals surface area contributed by atoms with Gasteiger partial charge in [0.1, 0.15) is 12.4 Å². The van der Waals surface area contributed by atoms with Gasteiger partial charge in [0.05, 0.1) is 12.0 Å². The zero-order chi connectivity index (χ0) is 24.7. The molecule has 1 aromatic heterocycles. The number of nitrogens with zero attached hydrogens (tertiary/aromatic N) is 1. The molecule has 0 aromatic carbocycles. The van der Waals surface area contributed by atoms with Crippen LogP contribution in [0.15, 0.2) is 12.4 Å². The van der Waals surface area contributed by atoms with Crippen LogP contribution in [0.25, 0.3) is 0 Å². The van der Waals surface area contributed by atoms with Crippen molar-refractivity contribution >= 4 is 0 Å². The Bertz CT molecular complexity index is 535. The number of H-pyrrole nitrogens is 1. The molecule has 1 rings (SSSR count). The van der Waals surface area contributed by atoms with E-state index < -0.39 is 0 Å². The van der Waals surface area contributed by atoms with Crippen LogP contribution in [0.5, 0.6) is 0 Å². The Morgan fingerprint density at radius 1 is 0.559 bits per heavy atom. The highest BCUT2D eigenvalue weighted by atomic mass is 15.1. The highest BCUT2D eigenvalue weighted by molar-refractivity contribution is 4.90. The molecule has 2 nitrogen and oxygen atoms in total. The first-order valence-corrected chi connectivity index (χ1v) is 15.8. The number of rotatable bonds is 25. The summed E-state index contributed by atoms with van der Waals surface area (Å²) in [5.41, 5.74) is 0. The molecule has 0 saturated carbocycles. The Kier molecular flexibility index (Phi) is 20.8. The summed E-state index contributed by atoms with van der Waals surface area (Å²) in [5, 5.41) is 0. The van der Waals surface area contributed by atoms with Crippen molar-refractivity contribution in [3.63, 3.8) is 0 Å². The summed E-state index contributed by atoms with van der Waals surface area (Å²) in [4.78, 5) is 3.65. The van der Waals surface area contributed by atoms with Crippen LogP contribution in [0.1, 0.15) is 193 Å². The molecule has 0 radical (unpaired) electrons. The second kappa shape index (κ2) is 22.7. The van der Waals surface area contributed by atoms with Crippen LogP contribution in [0, 0.1) is 0 Å². The molecule has 0 aliphatic carbocycles. The normalized spacial score (nSPS) is 13.4. The second-order valence-corrected chi connectivity index (χ2v) is 11.2. The maximum absolute atomic E-state index is 3.65. The summed E-state index contributed by atoms with van der Waals surface area (Å²) in [6.07, 6.45) is 36.9. The molecule has 0 amide bonds. The van der Waals surface area contributed by atoms with Crippen molar-refractivity contribution < 1.29 is 4.57 Å². The van der Waals surface area contributed by atoms with E-state index in [1.807, 2.05) is 0 Å². The summed E-state index contributed by atoms with van der Waals surface area (Å²) in [6.45, 7) is 9.40. The lowest BCUT2D eigenvalue weighted by molar-refractivity contribution is -0.727. The van der Waals surface area contributed by atoms with Gasteiger partial charge in [-0.1, -0.05) is 143 Å². The van der Waals surface area contributed by atoms with E-state index in [0.717, 1.165) is 0 Å². The van der Waals surface area contributed by atoms with Gasteiger partial charge in [-0.3, -0.25) is 0 Å². The third kappa shape index (κ3) is 15.3. The summed E-state index contributed by atoms with van der Waals surface area (Å²) < 4.78 is 2.58. The molecule has 0 bridgehead atoms. The minimum atomic E-state index is 0.623. The van der Waals surface area contributed by atoms with Crippen LogP contribution in [0.2, 0.25) is 0 Å². The second-order valence-electron chi connectivity index (χ2n) is 11.2. The summed E-state index contributed by atoms with van der Waals surface area (Å²) in [5.74, 6) is 2.21. The van der Waals surface area contributed by atoms with E-state index in [4.69, 9.17) is 0 Å². The lowest BCUT2D eigenvalue weighted by Gasteiger charge is -2.16. The number of imidazole rings is 1. The summed E-state index contributed by atoms with van der Waals surface area (Å²) in [7, 11) is 0. The number of unbranched alkanes of at least 4 members (excludes halogenated alkanes) is 17. The highest BCUT2D eigenvalue weighted by Crippen LogP contribution is 2.26. The SMILES string of the molecule is CCCCCCCCCCCCCC(C)[n+]1cc[nH]c1C(CCC)CCCCCCCCCC. The van der Waals surface area contributed by atoms with Gasteiger partial charge >= 0.3 is 0 Å². The predicted molar refractivity (Wildman–Crippen MR) is 152 cm³/mol. The van der Waals surface area contributed by atoms with E-state index >= 15 is 0 Å². The van der Waals surface area contributed by atoms with Crippen molar-refractivity contribution in [3.8, 4) is 0 Å². The maximum Gasteiger partial charge on any atom is 0.257 e. The van der Waals surface area contributed by atoms with Crippen molar-refractivity contribution in [2.45, 2.75) is 187 Å². The Balaban J connectivity index is 2.24. The molecule has 200 valence electrons. The summed E-state index contributed by atoms with van der Waals surface area (Å²) >= 11 is 0. The molecule has 0 fully saturated rings. The molecule has 2 heteroatoms. The largest absolute Gasteiger partial charge is 0.257 e. The van der Waals surface area contributed by atoms with Crippen LogP contribution in [0.3, 0.4) is 0 Å². The van der Waals surface area contributed by atoms with Crippen molar-refractivity contribution in [1.29, 1.82) is 0 Å². The Hall–Kier alpha value is -0.790. The number of hydrogen-bond donors (Lipinski definition) is 1. The van der Waals surface area contributed by atoms with Gasteiger partial charge in [0, 0.05) is 0 Å². The van der Waals surface area contributed by atoms with E-state index in [1.165, 1.54) is 154 Å². The topological polar surface area (TPSA) is 19.7 Å². The lowest BCUT2D eigenvalue weighted by atomic mass is 9.94. The number of aromatic amines is 1. The van der Waals surface area contributed by atoms with E-state index in [0.29, 0.717) is 12.0 Å². The molecule has 0 spiro atoms. The maximum atomic E-state index is 3.65. The molecule has 2 atom stereocenters. The first-order valence-electron chi connectivity index (χ1n) is 15.8. The minimum Gasteiger partial charge on any atom is -0.247 e. The van der Waals surface area contributed by atoms with Gasteiger partial charge < -0.3 is 0 Å². The molecule has 0 saturated heterocycles. The van der Waals surface area contributed by atoms with Crippen molar-refractivity contribution in [3.05, 3.63) is 18.2 Å². The molecule has 1 heterocycles. The predicted octanol–water partition coefficient (Wildman–Crippen LogP) is 11.0. The van der Waals surface area contributed by atoms with Gasteiger partial charge in [0.25, 0.3) is 5.82 Å². The third-order valence-electron chi connectivity index (χ3n) is 7.87. The lowest BCUT2D eigenvalue weighted by Crippen LogP contribution is -2.41. The number of hydrogen-bond acceptors (Lipinski definition) is 0. The fourth-order valence-corrected chi connectivity index (χ4v) is 5.60. The van der Waals surface area contributed by atoms with E-state index in [9.17, 15) is 0 Å². The first kappa shape index (κ1) is 31.2. The van der Waals surface area contributed by atoms with Crippen LogP contribution in [0.4, 0.5) is 0 Å². The fraction of sp³-hybridized carbons (Fsp3) is 0.906. The molecular weight excluding hydrogens is 412 g/mol. The van der Waals surface area contributed by atoms with Gasteiger partial charge in [0.2, 0.25) is 0 Å². The molecule has 34 heavy (non-hydrogen) atoms. The van der Waals surface area contributed by atoms with E-state index in [1.54, 1.807) is 0 Å². The van der Waals surface area contributed by atoms with Crippen LogP contribution in [-0.4, -0.2) is 4.98 Å². The van der Waals surface area contributed by atoms with Crippen molar-refractivity contribution in [1.82, 2.24) is 4.98 Å². The molecule has 1 aromatic rings. The van der Waals surface area contributed by atoms with Gasteiger partial charge in [-0.2, -0.15) is 0 Å². The monoisotopic (exact) mass is 475 g/mol. The Morgan fingerprint density at radius 3 is 1.47 bits per heavy atom. The summed E-state index contributed by atoms with van der Waals surface area (Å²) in [6, 6.07) is 0.623. The Morgan fingerprint density at radius 2 is 1.00 bits per heavy atom. The fourth-order valence-electron chi connectivity index (χ4n) is 5.60. The Labute approximate surface area is 215 Å². The molecule has 0 aliphatic rings. The zero-order valence-corrected chi connectivity index (χ0v) is 24.0. The van der Waals surface area contributed by atoms with Crippen molar-refractivity contribution in [2.24, 2.45) is 0 Å². The third-order valence-corrected chi connectivity index (χ3v) is 7.87. The average Bonchev–Trinajstić information content (AvgIpc) is 3.33. The first-order chi connectivity index (χ1) is 16.7. The van der Waals surface area contributed by atoms with Gasteiger partial charge in [-0.25, -0.2) is 9.55 Å². The molecule has 1 N–H and O–H groups in total. The minimum absolute atomic E-state index is 0.623. The van der Waals surface area contributed by atoms with Gasteiger partial charge in [-0.05, 0) is 32.6 Å². The average molecular weight is 476 g/mol. The van der Waals surface area contributed by atoms with Crippen LogP contribution >= 0.6 is 0 Å². The van der Waals surface area contributed by atoms with Crippen LogP contribution in [-0.2, 0) is 0 Å². The highest BCUT2D eigenvalue weighted by Gasteiger charge is 2.24. The smallest absolute Gasteiger partial charge is 0.247 e. The number of nitrogens with one attached hydrogen (secondary N) is 1. The standard InChI is InChI=1S/C32H62N2/c1-5-8-10-12-14-16-17-18-19-21-23-26-30(4)34-29-28-33-32(34)31(25-7-3)27-24-22-20-15-13-11-9-6-2/h28-31H,5-27H2,1-4H3/p+1. The van der Waals surface area contributed by atoms with Crippen molar-refractivity contribution in [2.75, 3.05) is 0 Å². The van der Waals surface area contributed by atoms with Crippen LogP contribution < -0.4 is 4.57 Å². The quantitative estimate of drug-likeness (QED) is 0.107. The molecular formula is C32H63N2+. The zero-order valence-electron chi connectivity index (χ0n) is 24.0. The molecule has 0 aliphatic heterocycles. The van der Waals surface area contributed by atoms with E-state index in [-0.39, 0.29) is 0 Å².